The van der Waals surface area contributed by atoms with Crippen LogP contribution in [-0.4, -0.2) is 106 Å². The Morgan fingerprint density at radius 3 is 1.31 bits per heavy atom. The lowest BCUT2D eigenvalue weighted by atomic mass is 10.0. The van der Waals surface area contributed by atoms with E-state index in [0.29, 0.717) is 49.1 Å². The molecule has 102 heavy (non-hydrogen) atoms. The average Bonchev–Trinajstić information content (AvgIpc) is 1.60. The third-order valence-electron chi connectivity index (χ3n) is 20.2. The quantitative estimate of drug-likeness (QED) is 0.0397. The zero-order valence-electron chi connectivity index (χ0n) is 65.4. The van der Waals surface area contributed by atoms with Crippen LogP contribution >= 0.6 is 0 Å². The van der Waals surface area contributed by atoms with Gasteiger partial charge in [-0.2, -0.15) is 4.98 Å². The molecule has 0 aliphatic carbocycles. The lowest BCUT2D eigenvalue weighted by molar-refractivity contribution is -0.152. The number of nitrogens with one attached hydrogen (secondary N) is 2. The smallest absolute Gasteiger partial charge is 0.306 e. The predicted octanol–water partition coefficient (Wildman–Crippen LogP) is 22.1. The molecule has 4 rings (SSSR count). The van der Waals surface area contributed by atoms with Crippen molar-refractivity contribution in [2.45, 2.75) is 400 Å². The van der Waals surface area contributed by atoms with Crippen LogP contribution in [0.3, 0.4) is 0 Å². The number of carbonyl (C=O) groups excluding carboxylic acids is 5. The topological polar surface area (TPSA) is 220 Å². The molecule has 1 aliphatic rings. The summed E-state index contributed by atoms with van der Waals surface area (Å²) in [7, 11) is 1.67. The van der Waals surface area contributed by atoms with E-state index >= 15 is 0 Å². The van der Waals surface area contributed by atoms with Crippen LogP contribution in [0.2, 0.25) is 0 Å². The zero-order valence-corrected chi connectivity index (χ0v) is 65.4. The molecule has 0 bridgehead atoms. The number of carbonyl (C=O) groups is 5. The van der Waals surface area contributed by atoms with E-state index in [1.165, 1.54) is 275 Å². The van der Waals surface area contributed by atoms with Gasteiger partial charge in [-0.05, 0) is 44.7 Å². The first-order valence-electron chi connectivity index (χ1n) is 42.0. The molecule has 18 heteroatoms. The van der Waals surface area contributed by atoms with Crippen molar-refractivity contribution in [3.05, 3.63) is 34.4 Å². The molecular formula is C84H144N6O12. The number of aromatic amines is 1. The molecule has 0 radical (unpaired) electrons. The number of hydrogen-bond donors (Lipinski definition) is 2. The highest BCUT2D eigenvalue weighted by molar-refractivity contribution is 5.95. The maximum atomic E-state index is 14.4. The molecule has 582 valence electrons. The number of aromatic nitrogens is 4. The van der Waals surface area contributed by atoms with E-state index in [0.717, 1.165) is 51.4 Å². The minimum Gasteiger partial charge on any atom is -0.490 e. The zero-order chi connectivity index (χ0) is 73.3. The monoisotopic (exact) mass is 1430 g/mol. The van der Waals surface area contributed by atoms with Gasteiger partial charge in [-0.3, -0.25) is 38.8 Å². The number of ether oxygens (including phenoxy) is 6. The highest BCUT2D eigenvalue weighted by Crippen LogP contribution is 2.40. The maximum Gasteiger partial charge on any atom is 0.306 e. The summed E-state index contributed by atoms with van der Waals surface area (Å²) in [4.78, 5) is 90.6. The number of anilines is 1. The number of ketones is 1. The van der Waals surface area contributed by atoms with Gasteiger partial charge in [0.1, 0.15) is 24.7 Å². The number of hydrogen-bond acceptors (Lipinski definition) is 14. The molecule has 18 nitrogen and oxygen atoms in total. The molecule has 0 spiro atoms. The summed E-state index contributed by atoms with van der Waals surface area (Å²) in [5.41, 5.74) is -0.0491. The lowest BCUT2D eigenvalue weighted by Gasteiger charge is -2.21. The first-order valence-corrected chi connectivity index (χ1v) is 42.0. The molecule has 2 aromatic heterocycles. The molecule has 3 aromatic rings. The number of amides is 2. The third kappa shape index (κ3) is 40.7. The molecule has 1 fully saturated rings. The molecule has 0 saturated carbocycles. The van der Waals surface area contributed by atoms with Crippen molar-refractivity contribution in [3.8, 4) is 17.2 Å². The van der Waals surface area contributed by atoms with Crippen LogP contribution in [0.25, 0.3) is 11.2 Å². The van der Waals surface area contributed by atoms with Crippen molar-refractivity contribution < 1.29 is 52.4 Å². The summed E-state index contributed by atoms with van der Waals surface area (Å²) in [6, 6.07) is 3.57. The number of benzene rings is 1. The highest BCUT2D eigenvalue weighted by Gasteiger charge is 2.39. The number of Topliss-reactive ketones (excluding diaryl/α,β-unsaturated/α-hetero) is 1. The molecular weight excluding hydrogens is 1280 g/mol. The van der Waals surface area contributed by atoms with Gasteiger partial charge in [0.05, 0.1) is 51.6 Å². The van der Waals surface area contributed by atoms with Crippen LogP contribution in [-0.2, 0) is 33.4 Å². The fourth-order valence-corrected chi connectivity index (χ4v) is 13.7. The van der Waals surface area contributed by atoms with E-state index in [1.807, 2.05) is 6.92 Å². The van der Waals surface area contributed by atoms with E-state index in [-0.39, 0.29) is 74.1 Å². The second kappa shape index (κ2) is 58.7. The molecule has 3 atom stereocenters. The standard InChI is InChI=1S/C84H144N6O12/c1-7-11-14-17-20-23-26-29-32-35-38-41-44-47-50-53-61-97-73-65-70(66-74(98-62-54-51-48-45-42-39-36-33-30-27-24-21-18-15-12-8-2)80(73)100-63-55-52-49-46-43-40-37-34-31-28-25-22-19-16-13-9-3)83(96)89(6)60-64-99-77(93)59-57-75(92)86-84-87-81-79(82(95)88-84)85-68-90(81)76-67-72(71(10-4)101-76)102-78(94)58-56-69(5)91/h65-66,68,71-72,76H,7-64,67H2,1-6H3,(H2,86,87,88,92,95)/t71-,72-,76-/m1/s1. The Labute approximate surface area is 617 Å². The third-order valence-corrected chi connectivity index (χ3v) is 20.2. The van der Waals surface area contributed by atoms with Crippen LogP contribution < -0.4 is 25.1 Å². The van der Waals surface area contributed by atoms with Gasteiger partial charge in [0.25, 0.3) is 11.5 Å². The second-order valence-electron chi connectivity index (χ2n) is 29.5. The molecule has 3 heterocycles. The number of nitrogens with zero attached hydrogens (tertiary/aromatic N) is 4. The van der Waals surface area contributed by atoms with E-state index in [4.69, 9.17) is 28.4 Å². The van der Waals surface area contributed by atoms with Crippen LogP contribution in [0.1, 0.15) is 398 Å². The average molecular weight is 1430 g/mol. The van der Waals surface area contributed by atoms with Crippen LogP contribution in [0.5, 0.6) is 17.2 Å². The Bertz CT molecular complexity index is 2670. The Hall–Kier alpha value is -5.52. The minimum atomic E-state index is -0.680. The highest BCUT2D eigenvalue weighted by atomic mass is 16.6. The molecule has 2 amide bonds. The normalized spacial score (nSPS) is 14.4. The van der Waals surface area contributed by atoms with Gasteiger partial charge in [0.2, 0.25) is 17.6 Å². The largest absolute Gasteiger partial charge is 0.490 e. The Morgan fingerprint density at radius 2 is 0.912 bits per heavy atom. The van der Waals surface area contributed by atoms with Gasteiger partial charge in [0.15, 0.2) is 22.7 Å². The van der Waals surface area contributed by atoms with Crippen molar-refractivity contribution in [1.29, 1.82) is 0 Å². The predicted molar refractivity (Wildman–Crippen MR) is 414 cm³/mol. The molecule has 1 aliphatic heterocycles. The maximum absolute atomic E-state index is 14.4. The van der Waals surface area contributed by atoms with Crippen molar-refractivity contribution in [2.24, 2.45) is 0 Å². The summed E-state index contributed by atoms with van der Waals surface area (Å²) in [5, 5.41) is 2.58. The van der Waals surface area contributed by atoms with Gasteiger partial charge >= 0.3 is 11.9 Å². The number of H-pyrrole nitrogens is 1. The summed E-state index contributed by atoms with van der Waals surface area (Å²) in [6.45, 7) is 11.6. The summed E-state index contributed by atoms with van der Waals surface area (Å²) < 4.78 is 39.0. The van der Waals surface area contributed by atoms with E-state index in [1.54, 1.807) is 23.7 Å². The Morgan fingerprint density at radius 1 is 0.520 bits per heavy atom. The van der Waals surface area contributed by atoms with E-state index in [2.05, 4.69) is 41.0 Å². The lowest BCUT2D eigenvalue weighted by Crippen LogP contribution is -2.31. The van der Waals surface area contributed by atoms with Gasteiger partial charge in [-0.1, -0.05) is 317 Å². The summed E-state index contributed by atoms with van der Waals surface area (Å²) in [6.07, 6.45) is 61.9. The second-order valence-corrected chi connectivity index (χ2v) is 29.5. The number of likely N-dealkylation sites (N-methyl/N-ethyl adjacent to an activating group) is 1. The fraction of sp³-hybridized carbons (Fsp3) is 0.810. The van der Waals surface area contributed by atoms with Crippen LogP contribution in [0.15, 0.2) is 23.3 Å². The van der Waals surface area contributed by atoms with Gasteiger partial charge in [0, 0.05) is 31.9 Å². The SMILES string of the molecule is CCCCCCCCCCCCCCCCCCOc1cc(C(=O)N(C)CCOC(=O)CCC(=O)Nc2nc3c(ncn3[C@H]3C[C@@H](OC(=O)CCC(C)=O)[C@@H](CC)O3)c(=O)[nH]2)cc(OCCCCCCCCCCCCCCCCCC)c1OCCCCCCCCCCCCCCCCCC. The Kier molecular flexibility index (Phi) is 51.2. The molecule has 2 N–H and O–H groups in total. The number of imidazole rings is 1. The van der Waals surface area contributed by atoms with Gasteiger partial charge in [-0.15, -0.1) is 0 Å². The van der Waals surface area contributed by atoms with E-state index in [9.17, 15) is 28.8 Å². The number of esters is 2. The van der Waals surface area contributed by atoms with Crippen molar-refractivity contribution in [3.63, 3.8) is 0 Å². The number of unbranched alkanes of at least 4 members (excludes halogenated alkanes) is 45. The van der Waals surface area contributed by atoms with Crippen LogP contribution in [0, 0.1) is 0 Å². The van der Waals surface area contributed by atoms with Crippen molar-refractivity contribution >= 4 is 46.6 Å². The number of fused-ring (bicyclic) bond motifs is 1. The fourth-order valence-electron chi connectivity index (χ4n) is 13.7. The minimum absolute atomic E-state index is 0.0181. The summed E-state index contributed by atoms with van der Waals surface area (Å²) >= 11 is 0. The van der Waals surface area contributed by atoms with Gasteiger partial charge < -0.3 is 38.1 Å². The van der Waals surface area contributed by atoms with Crippen LogP contribution in [0.4, 0.5) is 5.95 Å². The summed E-state index contributed by atoms with van der Waals surface area (Å²) in [5.74, 6) is -0.708. The van der Waals surface area contributed by atoms with Crippen molar-refractivity contribution in [2.75, 3.05) is 45.3 Å². The van der Waals surface area contributed by atoms with Gasteiger partial charge in [-0.25, -0.2) is 4.98 Å². The molecule has 1 aromatic carbocycles. The number of rotatable bonds is 68. The molecule has 0 unspecified atom stereocenters. The first kappa shape index (κ1) is 88.9. The van der Waals surface area contributed by atoms with Crippen molar-refractivity contribution in [1.82, 2.24) is 24.4 Å². The van der Waals surface area contributed by atoms with E-state index < -0.39 is 41.8 Å². The first-order chi connectivity index (χ1) is 49.9. The molecule has 1 saturated heterocycles. The Balaban J connectivity index is 1.34.